The molecule has 1 N–H and O–H groups in total. The topological polar surface area (TPSA) is 12.0 Å². The first-order valence-electron chi connectivity index (χ1n) is 6.33. The first kappa shape index (κ1) is 12.5. The number of rotatable bonds is 5. The monoisotopic (exact) mass is 239 g/mol. The van der Waals surface area contributed by atoms with Crippen LogP contribution in [0.15, 0.2) is 24.3 Å². The molecule has 1 aliphatic rings. The van der Waals surface area contributed by atoms with Gasteiger partial charge in [-0.3, -0.25) is 0 Å². The van der Waals surface area contributed by atoms with Gasteiger partial charge in [0, 0.05) is 12.1 Å². The predicted molar refractivity (Wildman–Crippen MR) is 65.1 cm³/mol. The zero-order valence-electron chi connectivity index (χ0n) is 9.96. The first-order valence-corrected chi connectivity index (χ1v) is 6.33. The predicted octanol–water partition coefficient (Wildman–Crippen LogP) is 3.90. The lowest BCUT2D eigenvalue weighted by Crippen LogP contribution is -2.20. The van der Waals surface area contributed by atoms with Crippen LogP contribution in [0.2, 0.25) is 0 Å². The highest BCUT2D eigenvalue weighted by molar-refractivity contribution is 5.23. The molecule has 1 nitrogen and oxygen atoms in total. The summed E-state index contributed by atoms with van der Waals surface area (Å²) in [5, 5.41) is 3.40. The molecule has 1 saturated carbocycles. The van der Waals surface area contributed by atoms with Gasteiger partial charge in [-0.1, -0.05) is 37.1 Å². The van der Waals surface area contributed by atoms with Gasteiger partial charge in [0.2, 0.25) is 0 Å². The molecule has 94 valence electrons. The molecule has 0 radical (unpaired) electrons. The summed E-state index contributed by atoms with van der Waals surface area (Å²) in [5.74, 6) is 0.815. The molecule has 1 aromatic carbocycles. The maximum absolute atomic E-state index is 12.3. The fourth-order valence-corrected chi connectivity index (χ4v) is 2.42. The number of benzene rings is 1. The smallest absolute Gasteiger partial charge is 0.263 e. The van der Waals surface area contributed by atoms with Gasteiger partial charge in [-0.15, -0.1) is 0 Å². The fraction of sp³-hybridized carbons (Fsp3) is 0.571. The van der Waals surface area contributed by atoms with Crippen molar-refractivity contribution < 1.29 is 8.78 Å². The summed E-state index contributed by atoms with van der Waals surface area (Å²) in [4.78, 5) is 0. The number of alkyl halides is 2. The van der Waals surface area contributed by atoms with Crippen LogP contribution in [0.3, 0.4) is 0 Å². The van der Waals surface area contributed by atoms with E-state index in [1.165, 1.54) is 37.8 Å². The van der Waals surface area contributed by atoms with Crippen molar-refractivity contribution in [3.8, 4) is 0 Å². The highest BCUT2D eigenvalue weighted by Crippen LogP contribution is 2.24. The largest absolute Gasteiger partial charge is 0.312 e. The molecule has 2 rings (SSSR count). The molecule has 0 amide bonds. The number of halogens is 2. The Morgan fingerprint density at radius 2 is 1.76 bits per heavy atom. The van der Waals surface area contributed by atoms with Crippen LogP contribution in [-0.2, 0) is 6.54 Å². The van der Waals surface area contributed by atoms with Crippen LogP contribution in [-0.4, -0.2) is 6.54 Å². The molecular formula is C14H19F2N. The second kappa shape index (κ2) is 6.10. The Balaban J connectivity index is 1.74. The van der Waals surface area contributed by atoms with E-state index in [2.05, 4.69) is 5.32 Å². The number of hydrogen-bond donors (Lipinski definition) is 1. The Hall–Kier alpha value is -0.960. The maximum Gasteiger partial charge on any atom is 0.263 e. The van der Waals surface area contributed by atoms with E-state index in [1.807, 2.05) is 0 Å². The summed E-state index contributed by atoms with van der Waals surface area (Å²) in [6, 6.07) is 6.58. The molecule has 1 fully saturated rings. The highest BCUT2D eigenvalue weighted by Gasteiger charge is 2.13. The summed E-state index contributed by atoms with van der Waals surface area (Å²) < 4.78 is 24.7. The highest BCUT2D eigenvalue weighted by atomic mass is 19.3. The normalized spacial score (nSPS) is 16.9. The Morgan fingerprint density at radius 3 is 2.35 bits per heavy atom. The average molecular weight is 239 g/mol. The van der Waals surface area contributed by atoms with Crippen molar-refractivity contribution in [1.82, 2.24) is 5.32 Å². The van der Waals surface area contributed by atoms with Crippen LogP contribution >= 0.6 is 0 Å². The van der Waals surface area contributed by atoms with Gasteiger partial charge in [-0.25, -0.2) is 8.78 Å². The van der Waals surface area contributed by atoms with E-state index in [0.29, 0.717) is 0 Å². The molecule has 1 aromatic rings. The third kappa shape index (κ3) is 3.77. The lowest BCUT2D eigenvalue weighted by atomic mass is 10.1. The molecule has 17 heavy (non-hydrogen) atoms. The van der Waals surface area contributed by atoms with Gasteiger partial charge in [0.1, 0.15) is 0 Å². The van der Waals surface area contributed by atoms with E-state index in [-0.39, 0.29) is 5.56 Å². The summed E-state index contributed by atoms with van der Waals surface area (Å²) in [6.07, 6.45) is 3.01. The van der Waals surface area contributed by atoms with Crippen molar-refractivity contribution in [2.75, 3.05) is 6.54 Å². The third-order valence-corrected chi connectivity index (χ3v) is 3.47. The summed E-state index contributed by atoms with van der Waals surface area (Å²) in [6.45, 7) is 1.83. The molecule has 0 saturated heterocycles. The Bertz CT molecular complexity index is 329. The number of nitrogens with one attached hydrogen (secondary N) is 1. The van der Waals surface area contributed by atoms with Gasteiger partial charge >= 0.3 is 0 Å². The van der Waals surface area contributed by atoms with E-state index in [1.54, 1.807) is 12.1 Å². The minimum atomic E-state index is -2.37. The maximum atomic E-state index is 12.3. The summed E-state index contributed by atoms with van der Waals surface area (Å²) >= 11 is 0. The van der Waals surface area contributed by atoms with Gasteiger partial charge in [0.05, 0.1) is 0 Å². The molecule has 0 bridgehead atoms. The molecule has 3 heteroatoms. The van der Waals surface area contributed by atoms with Crippen LogP contribution in [0.5, 0.6) is 0 Å². The Kier molecular flexibility index (Phi) is 4.49. The van der Waals surface area contributed by atoms with Gasteiger partial charge in [0.25, 0.3) is 6.43 Å². The van der Waals surface area contributed by atoms with Crippen LogP contribution in [0.1, 0.15) is 43.2 Å². The van der Waals surface area contributed by atoms with Crippen LogP contribution in [0, 0.1) is 5.92 Å². The second-order valence-electron chi connectivity index (χ2n) is 4.82. The van der Waals surface area contributed by atoms with E-state index < -0.39 is 6.43 Å². The molecule has 0 heterocycles. The summed E-state index contributed by atoms with van der Waals surface area (Å²) in [7, 11) is 0. The quantitative estimate of drug-likeness (QED) is 0.821. The molecule has 0 spiro atoms. The van der Waals surface area contributed by atoms with Gasteiger partial charge < -0.3 is 5.32 Å². The SMILES string of the molecule is FC(F)c1ccc(CNCC2CCCC2)cc1. The minimum Gasteiger partial charge on any atom is -0.312 e. The van der Waals surface area contributed by atoms with Crippen LogP contribution < -0.4 is 5.32 Å². The lowest BCUT2D eigenvalue weighted by molar-refractivity contribution is 0.151. The van der Waals surface area contributed by atoms with Gasteiger partial charge in [0.15, 0.2) is 0 Å². The second-order valence-corrected chi connectivity index (χ2v) is 4.82. The van der Waals surface area contributed by atoms with Crippen molar-refractivity contribution in [1.29, 1.82) is 0 Å². The molecule has 1 aliphatic carbocycles. The van der Waals surface area contributed by atoms with Crippen LogP contribution in [0.4, 0.5) is 8.78 Å². The molecule has 0 aliphatic heterocycles. The zero-order chi connectivity index (χ0) is 12.1. The fourth-order valence-electron chi connectivity index (χ4n) is 2.42. The van der Waals surface area contributed by atoms with Crippen molar-refractivity contribution in [3.05, 3.63) is 35.4 Å². The molecule has 0 atom stereocenters. The Labute approximate surface area is 101 Å². The number of hydrogen-bond acceptors (Lipinski definition) is 1. The minimum absolute atomic E-state index is 0.101. The Morgan fingerprint density at radius 1 is 1.12 bits per heavy atom. The molecular weight excluding hydrogens is 220 g/mol. The van der Waals surface area contributed by atoms with E-state index in [0.717, 1.165) is 24.6 Å². The van der Waals surface area contributed by atoms with E-state index in [9.17, 15) is 8.78 Å². The molecule has 0 unspecified atom stereocenters. The van der Waals surface area contributed by atoms with Crippen LogP contribution in [0.25, 0.3) is 0 Å². The van der Waals surface area contributed by atoms with Crippen molar-refractivity contribution in [3.63, 3.8) is 0 Å². The average Bonchev–Trinajstić information content (AvgIpc) is 2.83. The standard InChI is InChI=1S/C14H19F2N/c15-14(16)13-7-5-12(6-8-13)10-17-9-11-3-1-2-4-11/h5-8,11,14,17H,1-4,9-10H2. The van der Waals surface area contributed by atoms with Crippen molar-refractivity contribution in [2.24, 2.45) is 5.92 Å². The zero-order valence-corrected chi connectivity index (χ0v) is 9.96. The molecule has 0 aromatic heterocycles. The van der Waals surface area contributed by atoms with E-state index >= 15 is 0 Å². The lowest BCUT2D eigenvalue weighted by Gasteiger charge is -2.10. The third-order valence-electron chi connectivity index (χ3n) is 3.47. The van der Waals surface area contributed by atoms with Crippen molar-refractivity contribution in [2.45, 2.75) is 38.7 Å². The van der Waals surface area contributed by atoms with Gasteiger partial charge in [-0.05, 0) is 30.9 Å². The summed E-state index contributed by atoms with van der Waals surface area (Å²) in [5.41, 5.74) is 1.18. The van der Waals surface area contributed by atoms with Crippen molar-refractivity contribution >= 4 is 0 Å². The first-order chi connectivity index (χ1) is 8.25. The van der Waals surface area contributed by atoms with E-state index in [4.69, 9.17) is 0 Å². The van der Waals surface area contributed by atoms with Gasteiger partial charge in [-0.2, -0.15) is 0 Å².